The highest BCUT2D eigenvalue weighted by Crippen LogP contribution is 2.24. The molecule has 0 aliphatic carbocycles. The van der Waals surface area contributed by atoms with Gasteiger partial charge in [-0.05, 0) is 32.1 Å². The predicted octanol–water partition coefficient (Wildman–Crippen LogP) is 3.54. The second-order valence-corrected chi connectivity index (χ2v) is 7.18. The number of thiocarbonyl (C=S) groups is 1. The lowest BCUT2D eigenvalue weighted by atomic mass is 9.89. The number of hydrogen-bond donors (Lipinski definition) is 1. The van der Waals surface area contributed by atoms with E-state index in [2.05, 4.69) is 31.9 Å². The Hall–Kier alpha value is -0.160. The minimum absolute atomic E-state index is 0.0727. The van der Waals surface area contributed by atoms with Crippen molar-refractivity contribution in [3.8, 4) is 0 Å². The summed E-state index contributed by atoms with van der Waals surface area (Å²) < 4.78 is 0.844. The molecule has 1 rings (SSSR count). The molecule has 0 fully saturated rings. The molecule has 0 atom stereocenters. The van der Waals surface area contributed by atoms with Gasteiger partial charge < -0.3 is 10.6 Å². The molecule has 0 aromatic carbocycles. The van der Waals surface area contributed by atoms with Gasteiger partial charge in [-0.15, -0.1) is 11.3 Å². The maximum Gasteiger partial charge on any atom is 0.0931 e. The van der Waals surface area contributed by atoms with Crippen molar-refractivity contribution in [2.75, 3.05) is 13.6 Å². The molecule has 5 heteroatoms. The fourth-order valence-electron chi connectivity index (χ4n) is 1.38. The average Bonchev–Trinajstić information content (AvgIpc) is 2.61. The van der Waals surface area contributed by atoms with Crippen molar-refractivity contribution in [3.05, 3.63) is 21.3 Å². The van der Waals surface area contributed by atoms with Crippen molar-refractivity contribution in [3.63, 3.8) is 0 Å². The summed E-state index contributed by atoms with van der Waals surface area (Å²) in [7, 11) is 2.10. The number of nitrogens with zero attached hydrogens (tertiary/aromatic N) is 1. The molecule has 0 radical (unpaired) electrons. The summed E-state index contributed by atoms with van der Waals surface area (Å²) in [4.78, 5) is 4.14. The zero-order chi connectivity index (χ0) is 13.1. The quantitative estimate of drug-likeness (QED) is 0.813. The van der Waals surface area contributed by atoms with Gasteiger partial charge in [-0.2, -0.15) is 0 Å². The van der Waals surface area contributed by atoms with Crippen LogP contribution in [0.15, 0.2) is 12.1 Å². The van der Waals surface area contributed by atoms with Crippen LogP contribution in [-0.2, 0) is 6.54 Å². The summed E-state index contributed by atoms with van der Waals surface area (Å²) in [6, 6.07) is 4.01. The van der Waals surface area contributed by atoms with Crippen molar-refractivity contribution in [2.24, 2.45) is 11.1 Å². The van der Waals surface area contributed by atoms with Crippen LogP contribution in [0.5, 0.6) is 0 Å². The normalized spacial score (nSPS) is 12.1. The molecule has 0 aliphatic rings. The Bertz CT molecular complexity index is 388. The Morgan fingerprint density at radius 3 is 2.65 bits per heavy atom. The second kappa shape index (κ2) is 6.14. The fraction of sp³-hybridized carbons (Fsp3) is 0.583. The van der Waals surface area contributed by atoms with E-state index < -0.39 is 0 Å². The van der Waals surface area contributed by atoms with Crippen LogP contribution in [0, 0.1) is 5.41 Å². The molecule has 2 N–H and O–H groups in total. The standard InChI is InChI=1S/C12H19ClN2S2/c1-12(2,11(14)16)6-7-15(3)8-9-4-5-10(13)17-9/h4-5H,6-8H2,1-3H3,(H2,14,16). The number of halogens is 1. The van der Waals surface area contributed by atoms with Crippen LogP contribution in [0.2, 0.25) is 4.34 Å². The highest BCUT2D eigenvalue weighted by atomic mass is 35.5. The van der Waals surface area contributed by atoms with Gasteiger partial charge in [0.2, 0.25) is 0 Å². The molecule has 0 saturated heterocycles. The van der Waals surface area contributed by atoms with E-state index in [9.17, 15) is 0 Å². The van der Waals surface area contributed by atoms with Crippen LogP contribution < -0.4 is 5.73 Å². The molecule has 0 aliphatic heterocycles. The van der Waals surface area contributed by atoms with Gasteiger partial charge in [-0.1, -0.05) is 37.7 Å². The Morgan fingerprint density at radius 1 is 1.53 bits per heavy atom. The van der Waals surface area contributed by atoms with Crippen LogP contribution in [-0.4, -0.2) is 23.5 Å². The molecule has 0 saturated carbocycles. The molecule has 96 valence electrons. The minimum atomic E-state index is -0.0727. The van der Waals surface area contributed by atoms with E-state index in [0.29, 0.717) is 4.99 Å². The van der Waals surface area contributed by atoms with E-state index in [1.807, 2.05) is 6.07 Å². The highest BCUT2D eigenvalue weighted by molar-refractivity contribution is 7.80. The molecule has 0 spiro atoms. The zero-order valence-electron chi connectivity index (χ0n) is 10.5. The monoisotopic (exact) mass is 290 g/mol. The molecule has 1 aromatic rings. The maximum absolute atomic E-state index is 5.90. The Labute approximate surface area is 118 Å². The van der Waals surface area contributed by atoms with Crippen LogP contribution >= 0.6 is 35.2 Å². The third kappa shape index (κ3) is 4.92. The zero-order valence-corrected chi connectivity index (χ0v) is 12.9. The summed E-state index contributed by atoms with van der Waals surface area (Å²) in [5.41, 5.74) is 5.64. The van der Waals surface area contributed by atoms with Crippen molar-refractivity contribution in [2.45, 2.75) is 26.8 Å². The topological polar surface area (TPSA) is 29.3 Å². The van der Waals surface area contributed by atoms with E-state index in [4.69, 9.17) is 29.6 Å². The Balaban J connectivity index is 2.40. The largest absolute Gasteiger partial charge is 0.393 e. The van der Waals surface area contributed by atoms with Gasteiger partial charge in [0.1, 0.15) is 0 Å². The summed E-state index contributed by atoms with van der Waals surface area (Å²) >= 11 is 12.6. The van der Waals surface area contributed by atoms with Crippen molar-refractivity contribution >= 4 is 40.1 Å². The molecular formula is C12H19ClN2S2. The van der Waals surface area contributed by atoms with Gasteiger partial charge in [-0.3, -0.25) is 0 Å². The average molecular weight is 291 g/mol. The number of nitrogens with two attached hydrogens (primary N) is 1. The lowest BCUT2D eigenvalue weighted by Crippen LogP contribution is -2.33. The van der Waals surface area contributed by atoms with Crippen molar-refractivity contribution < 1.29 is 0 Å². The Kier molecular flexibility index (Phi) is 5.38. The van der Waals surface area contributed by atoms with E-state index in [1.165, 1.54) is 4.88 Å². The van der Waals surface area contributed by atoms with Gasteiger partial charge in [0.25, 0.3) is 0 Å². The first-order valence-electron chi connectivity index (χ1n) is 5.54. The lowest BCUT2D eigenvalue weighted by molar-refractivity contribution is 0.288. The van der Waals surface area contributed by atoms with Gasteiger partial charge in [0, 0.05) is 16.8 Å². The van der Waals surface area contributed by atoms with Gasteiger partial charge in [0.15, 0.2) is 0 Å². The molecule has 1 aromatic heterocycles. The number of hydrogen-bond acceptors (Lipinski definition) is 3. The molecule has 17 heavy (non-hydrogen) atoms. The fourth-order valence-corrected chi connectivity index (χ4v) is 2.65. The summed E-state index contributed by atoms with van der Waals surface area (Å²) in [5, 5.41) is 0. The first kappa shape index (κ1) is 14.9. The molecule has 0 unspecified atom stereocenters. The lowest BCUT2D eigenvalue weighted by Gasteiger charge is -2.26. The second-order valence-electron chi connectivity index (χ2n) is 4.94. The maximum atomic E-state index is 5.90. The number of thiophene rings is 1. The summed E-state index contributed by atoms with van der Waals surface area (Å²) in [6.45, 7) is 6.07. The van der Waals surface area contributed by atoms with Gasteiger partial charge in [0.05, 0.1) is 9.32 Å². The first-order chi connectivity index (χ1) is 7.81. The van der Waals surface area contributed by atoms with Crippen LogP contribution in [0.1, 0.15) is 25.1 Å². The summed E-state index contributed by atoms with van der Waals surface area (Å²) in [6.07, 6.45) is 0.970. The molecule has 0 bridgehead atoms. The molecular weight excluding hydrogens is 272 g/mol. The Morgan fingerprint density at radius 2 is 2.18 bits per heavy atom. The van der Waals surface area contributed by atoms with Gasteiger partial charge in [-0.25, -0.2) is 0 Å². The molecule has 2 nitrogen and oxygen atoms in total. The van der Waals surface area contributed by atoms with E-state index in [1.54, 1.807) is 11.3 Å². The molecule has 1 heterocycles. The predicted molar refractivity (Wildman–Crippen MR) is 80.8 cm³/mol. The van der Waals surface area contributed by atoms with E-state index >= 15 is 0 Å². The van der Waals surface area contributed by atoms with Crippen molar-refractivity contribution in [1.82, 2.24) is 4.90 Å². The minimum Gasteiger partial charge on any atom is -0.393 e. The van der Waals surface area contributed by atoms with Crippen LogP contribution in [0.4, 0.5) is 0 Å². The smallest absolute Gasteiger partial charge is 0.0931 e. The number of rotatable bonds is 6. The third-order valence-electron chi connectivity index (χ3n) is 2.84. The van der Waals surface area contributed by atoms with E-state index in [-0.39, 0.29) is 5.41 Å². The van der Waals surface area contributed by atoms with Crippen molar-refractivity contribution in [1.29, 1.82) is 0 Å². The highest BCUT2D eigenvalue weighted by Gasteiger charge is 2.21. The van der Waals surface area contributed by atoms with Crippen LogP contribution in [0.25, 0.3) is 0 Å². The van der Waals surface area contributed by atoms with Gasteiger partial charge >= 0.3 is 0 Å². The van der Waals surface area contributed by atoms with Crippen LogP contribution in [0.3, 0.4) is 0 Å². The molecule has 0 amide bonds. The SMILES string of the molecule is CN(CCC(C)(C)C(N)=S)Cc1ccc(Cl)s1. The summed E-state index contributed by atoms with van der Waals surface area (Å²) in [5.74, 6) is 0. The van der Waals surface area contributed by atoms with E-state index in [0.717, 1.165) is 23.8 Å². The third-order valence-corrected chi connectivity index (χ3v) is 4.61. The first-order valence-corrected chi connectivity index (χ1v) is 7.14.